The van der Waals surface area contributed by atoms with E-state index in [9.17, 15) is 5.11 Å². The van der Waals surface area contributed by atoms with Gasteiger partial charge in [-0.15, -0.1) is 0 Å². The Morgan fingerprint density at radius 1 is 1.38 bits per heavy atom. The molecule has 0 bridgehead atoms. The van der Waals surface area contributed by atoms with Crippen molar-refractivity contribution in [2.24, 2.45) is 7.05 Å². The first-order chi connectivity index (χ1) is 7.47. The summed E-state index contributed by atoms with van der Waals surface area (Å²) >= 11 is 1.58. The molecule has 0 saturated carbocycles. The molecule has 0 fully saturated rings. The summed E-state index contributed by atoms with van der Waals surface area (Å²) in [5.74, 6) is 0.643. The lowest BCUT2D eigenvalue weighted by atomic mass is 10.2. The van der Waals surface area contributed by atoms with Crippen LogP contribution in [0.3, 0.4) is 0 Å². The number of nitrogens with zero attached hydrogens (tertiary/aromatic N) is 2. The molecule has 0 spiro atoms. The van der Waals surface area contributed by atoms with E-state index in [1.165, 1.54) is 0 Å². The second-order valence-corrected chi connectivity index (χ2v) is 5.49. The molecule has 1 aromatic carbocycles. The maximum Gasteiger partial charge on any atom is 0.168 e. The standard InChI is InChI=1S/C12H16N2OS/c1-12(2,15)8-16-11-13-9-6-4-5-7-10(9)14(11)3/h4-7,15H,8H2,1-3H3. The molecule has 0 aliphatic heterocycles. The fourth-order valence-corrected chi connectivity index (χ4v) is 2.43. The smallest absolute Gasteiger partial charge is 0.168 e. The minimum Gasteiger partial charge on any atom is -0.390 e. The van der Waals surface area contributed by atoms with Gasteiger partial charge in [0, 0.05) is 12.8 Å². The Morgan fingerprint density at radius 2 is 2.06 bits per heavy atom. The van der Waals surface area contributed by atoms with Crippen LogP contribution in [0, 0.1) is 0 Å². The van der Waals surface area contributed by atoms with Crippen molar-refractivity contribution in [3.63, 3.8) is 0 Å². The summed E-state index contributed by atoms with van der Waals surface area (Å²) in [6.45, 7) is 3.62. The van der Waals surface area contributed by atoms with Gasteiger partial charge in [0.05, 0.1) is 16.6 Å². The normalized spacial score (nSPS) is 12.2. The molecule has 1 heterocycles. The van der Waals surface area contributed by atoms with Crippen LogP contribution in [0.5, 0.6) is 0 Å². The van der Waals surface area contributed by atoms with Crippen LogP contribution in [0.15, 0.2) is 29.4 Å². The Hall–Kier alpha value is -1.00. The van der Waals surface area contributed by atoms with Gasteiger partial charge in [-0.2, -0.15) is 0 Å². The molecular weight excluding hydrogens is 220 g/mol. The van der Waals surface area contributed by atoms with E-state index in [2.05, 4.69) is 15.6 Å². The molecule has 1 aromatic heterocycles. The van der Waals surface area contributed by atoms with Gasteiger partial charge in [0.2, 0.25) is 0 Å². The van der Waals surface area contributed by atoms with Crippen LogP contribution in [0.2, 0.25) is 0 Å². The Morgan fingerprint density at radius 3 is 2.69 bits per heavy atom. The number of hydrogen-bond donors (Lipinski definition) is 1. The Labute approximate surface area is 99.5 Å². The first kappa shape index (κ1) is 11.5. The highest BCUT2D eigenvalue weighted by Crippen LogP contribution is 2.25. The number of aryl methyl sites for hydroxylation is 1. The molecule has 0 atom stereocenters. The third-order valence-corrected chi connectivity index (χ3v) is 3.77. The topological polar surface area (TPSA) is 38.0 Å². The van der Waals surface area contributed by atoms with Crippen LogP contribution in [0.4, 0.5) is 0 Å². The summed E-state index contributed by atoms with van der Waals surface area (Å²) in [4.78, 5) is 4.53. The molecule has 16 heavy (non-hydrogen) atoms. The Balaban J connectivity index is 2.28. The van der Waals surface area contributed by atoms with Crippen LogP contribution in [0.25, 0.3) is 11.0 Å². The molecular formula is C12H16N2OS. The lowest BCUT2D eigenvalue weighted by Gasteiger charge is -2.15. The third kappa shape index (κ3) is 2.39. The van der Waals surface area contributed by atoms with Gasteiger partial charge in [-0.25, -0.2) is 4.98 Å². The summed E-state index contributed by atoms with van der Waals surface area (Å²) in [6.07, 6.45) is 0. The maximum absolute atomic E-state index is 9.69. The molecule has 2 rings (SSSR count). The quantitative estimate of drug-likeness (QED) is 0.832. The molecule has 1 N–H and O–H groups in total. The summed E-state index contributed by atoms with van der Waals surface area (Å²) < 4.78 is 2.06. The number of benzene rings is 1. The highest BCUT2D eigenvalue weighted by Gasteiger charge is 2.15. The minimum absolute atomic E-state index is 0.643. The number of para-hydroxylation sites is 2. The van der Waals surface area contributed by atoms with Gasteiger partial charge in [0.25, 0.3) is 0 Å². The van der Waals surface area contributed by atoms with Crippen molar-refractivity contribution in [1.29, 1.82) is 0 Å². The predicted octanol–water partition coefficient (Wildman–Crippen LogP) is 2.44. The number of thioether (sulfide) groups is 1. The van der Waals surface area contributed by atoms with Crippen molar-refractivity contribution in [3.05, 3.63) is 24.3 Å². The van der Waals surface area contributed by atoms with Gasteiger partial charge >= 0.3 is 0 Å². The zero-order valence-electron chi connectivity index (χ0n) is 9.77. The third-order valence-electron chi connectivity index (χ3n) is 2.30. The van der Waals surface area contributed by atoms with Gasteiger partial charge in [-0.3, -0.25) is 0 Å². The molecule has 0 aliphatic carbocycles. The van der Waals surface area contributed by atoms with Crippen molar-refractivity contribution >= 4 is 22.8 Å². The van der Waals surface area contributed by atoms with Crippen molar-refractivity contribution in [3.8, 4) is 0 Å². The van der Waals surface area contributed by atoms with Crippen LogP contribution < -0.4 is 0 Å². The van der Waals surface area contributed by atoms with Crippen LogP contribution >= 0.6 is 11.8 Å². The van der Waals surface area contributed by atoms with E-state index < -0.39 is 5.60 Å². The molecule has 0 unspecified atom stereocenters. The fraction of sp³-hybridized carbons (Fsp3) is 0.417. The van der Waals surface area contributed by atoms with E-state index >= 15 is 0 Å². The Bertz CT molecular complexity index is 499. The average molecular weight is 236 g/mol. The minimum atomic E-state index is -0.664. The molecule has 0 aliphatic rings. The zero-order valence-corrected chi connectivity index (χ0v) is 10.6. The van der Waals surface area contributed by atoms with E-state index in [-0.39, 0.29) is 0 Å². The first-order valence-electron chi connectivity index (χ1n) is 5.24. The number of aliphatic hydroxyl groups is 1. The lowest BCUT2D eigenvalue weighted by molar-refractivity contribution is 0.107. The van der Waals surface area contributed by atoms with Gasteiger partial charge in [-0.05, 0) is 26.0 Å². The number of fused-ring (bicyclic) bond motifs is 1. The lowest BCUT2D eigenvalue weighted by Crippen LogP contribution is -2.21. The number of hydrogen-bond acceptors (Lipinski definition) is 3. The van der Waals surface area contributed by atoms with Crippen molar-refractivity contribution in [2.45, 2.75) is 24.6 Å². The van der Waals surface area contributed by atoms with Crippen LogP contribution in [-0.4, -0.2) is 26.0 Å². The molecule has 0 amide bonds. The first-order valence-corrected chi connectivity index (χ1v) is 6.22. The van der Waals surface area contributed by atoms with Crippen LogP contribution in [-0.2, 0) is 7.05 Å². The van der Waals surface area contributed by atoms with Crippen molar-refractivity contribution in [1.82, 2.24) is 9.55 Å². The molecule has 4 heteroatoms. The summed E-state index contributed by atoms with van der Waals surface area (Å²) in [5.41, 5.74) is 1.46. The summed E-state index contributed by atoms with van der Waals surface area (Å²) in [6, 6.07) is 8.05. The molecule has 2 aromatic rings. The van der Waals surface area contributed by atoms with E-state index in [1.54, 1.807) is 11.8 Å². The monoisotopic (exact) mass is 236 g/mol. The number of aromatic nitrogens is 2. The maximum atomic E-state index is 9.69. The van der Waals surface area contributed by atoms with Crippen molar-refractivity contribution < 1.29 is 5.11 Å². The predicted molar refractivity (Wildman–Crippen MR) is 67.7 cm³/mol. The van der Waals surface area contributed by atoms with Crippen molar-refractivity contribution in [2.75, 3.05) is 5.75 Å². The number of rotatable bonds is 3. The van der Waals surface area contributed by atoms with E-state index in [0.717, 1.165) is 16.2 Å². The molecule has 0 saturated heterocycles. The highest BCUT2D eigenvalue weighted by atomic mass is 32.2. The number of imidazole rings is 1. The molecule has 86 valence electrons. The molecule has 0 radical (unpaired) electrons. The SMILES string of the molecule is Cn1c(SCC(C)(C)O)nc2ccccc21. The Kier molecular flexibility index (Phi) is 2.95. The molecule has 3 nitrogen and oxygen atoms in total. The van der Waals surface area contributed by atoms with Gasteiger partial charge in [-0.1, -0.05) is 23.9 Å². The van der Waals surface area contributed by atoms with E-state index in [0.29, 0.717) is 5.75 Å². The van der Waals surface area contributed by atoms with E-state index in [1.807, 2.05) is 39.1 Å². The average Bonchev–Trinajstić information content (AvgIpc) is 2.53. The van der Waals surface area contributed by atoms with E-state index in [4.69, 9.17) is 0 Å². The van der Waals surface area contributed by atoms with Gasteiger partial charge in [0.15, 0.2) is 5.16 Å². The second-order valence-electron chi connectivity index (χ2n) is 4.54. The van der Waals surface area contributed by atoms with Crippen LogP contribution in [0.1, 0.15) is 13.8 Å². The second kappa shape index (κ2) is 4.11. The summed E-state index contributed by atoms with van der Waals surface area (Å²) in [7, 11) is 2.00. The fourth-order valence-electron chi connectivity index (χ4n) is 1.49. The largest absolute Gasteiger partial charge is 0.390 e. The van der Waals surface area contributed by atoms with Gasteiger partial charge < -0.3 is 9.67 Å². The summed E-state index contributed by atoms with van der Waals surface area (Å²) in [5, 5.41) is 10.6. The highest BCUT2D eigenvalue weighted by molar-refractivity contribution is 7.99. The van der Waals surface area contributed by atoms with Gasteiger partial charge in [0.1, 0.15) is 0 Å². The zero-order chi connectivity index (χ0) is 11.8.